The van der Waals surface area contributed by atoms with Crippen LogP contribution in [0.25, 0.3) is 0 Å². The highest BCUT2D eigenvalue weighted by molar-refractivity contribution is 6.02. The van der Waals surface area contributed by atoms with E-state index in [-0.39, 0.29) is 12.1 Å². The molecule has 1 unspecified atom stereocenters. The molecule has 5 heteroatoms. The van der Waals surface area contributed by atoms with E-state index in [1.165, 1.54) is 5.56 Å². The average molecular weight is 324 g/mol. The molecule has 2 aromatic carbocycles. The van der Waals surface area contributed by atoms with E-state index in [2.05, 4.69) is 4.90 Å². The van der Waals surface area contributed by atoms with Gasteiger partial charge in [-0.3, -0.25) is 4.79 Å². The minimum atomic E-state index is -0.115. The summed E-state index contributed by atoms with van der Waals surface area (Å²) in [6.45, 7) is 0.699. The lowest BCUT2D eigenvalue weighted by Gasteiger charge is -2.47. The molecule has 0 fully saturated rings. The van der Waals surface area contributed by atoms with E-state index in [1.54, 1.807) is 14.2 Å². The van der Waals surface area contributed by atoms with Crippen molar-refractivity contribution in [3.63, 3.8) is 0 Å². The molecule has 2 heterocycles. The van der Waals surface area contributed by atoms with Gasteiger partial charge in [-0.2, -0.15) is 0 Å². The summed E-state index contributed by atoms with van der Waals surface area (Å²) in [5.41, 5.74) is 4.03. The Morgan fingerprint density at radius 3 is 2.54 bits per heavy atom. The fraction of sp³-hybridized carbons (Fsp3) is 0.316. The number of carbonyl (C=O) groups excluding carboxylic acids is 1. The van der Waals surface area contributed by atoms with Crippen LogP contribution in [0.1, 0.15) is 27.7 Å². The molecule has 1 atom stereocenters. The van der Waals surface area contributed by atoms with Gasteiger partial charge in [0.25, 0.3) is 5.91 Å². The van der Waals surface area contributed by atoms with Crippen molar-refractivity contribution in [1.29, 1.82) is 0 Å². The predicted octanol–water partition coefficient (Wildman–Crippen LogP) is 2.85. The van der Waals surface area contributed by atoms with Gasteiger partial charge in [0.1, 0.15) is 6.17 Å². The van der Waals surface area contributed by atoms with E-state index < -0.39 is 0 Å². The molecule has 24 heavy (non-hydrogen) atoms. The molecule has 0 bridgehead atoms. The summed E-state index contributed by atoms with van der Waals surface area (Å²) in [6.07, 6.45) is 0.699. The van der Waals surface area contributed by atoms with Gasteiger partial charge in [0.15, 0.2) is 11.5 Å². The predicted molar refractivity (Wildman–Crippen MR) is 91.9 cm³/mol. The second-order valence-electron chi connectivity index (χ2n) is 6.16. The van der Waals surface area contributed by atoms with Crippen molar-refractivity contribution in [2.45, 2.75) is 12.6 Å². The van der Waals surface area contributed by atoms with Gasteiger partial charge >= 0.3 is 0 Å². The molecule has 2 aliphatic heterocycles. The summed E-state index contributed by atoms with van der Waals surface area (Å²) in [5, 5.41) is 0. The average Bonchev–Trinajstić information content (AvgIpc) is 2.64. The monoisotopic (exact) mass is 324 g/mol. The second-order valence-corrected chi connectivity index (χ2v) is 6.16. The van der Waals surface area contributed by atoms with Crippen LogP contribution in [0.4, 0.5) is 5.69 Å². The minimum Gasteiger partial charge on any atom is -0.493 e. The number of amides is 1. The number of methoxy groups -OCH3 is 2. The topological polar surface area (TPSA) is 42.0 Å². The van der Waals surface area contributed by atoms with Crippen molar-refractivity contribution >= 4 is 11.6 Å². The molecule has 0 saturated carbocycles. The van der Waals surface area contributed by atoms with Crippen LogP contribution in [0.15, 0.2) is 36.4 Å². The summed E-state index contributed by atoms with van der Waals surface area (Å²) in [6, 6.07) is 11.8. The maximum absolute atomic E-state index is 12.9. The number of ether oxygens (including phenoxy) is 2. The molecular weight excluding hydrogens is 304 g/mol. The SMILES string of the molecule is COc1cc2c(cc1OC)C1N(CC2)C(=O)c2ccccc2N1C. The molecule has 2 aliphatic rings. The van der Waals surface area contributed by atoms with E-state index in [0.29, 0.717) is 12.3 Å². The van der Waals surface area contributed by atoms with Gasteiger partial charge in [0, 0.05) is 19.2 Å². The maximum atomic E-state index is 12.9. The smallest absolute Gasteiger partial charge is 0.257 e. The first-order valence-electron chi connectivity index (χ1n) is 8.03. The van der Waals surface area contributed by atoms with Crippen molar-refractivity contribution in [3.8, 4) is 11.5 Å². The Hall–Kier alpha value is -2.69. The molecule has 2 aromatic rings. The van der Waals surface area contributed by atoms with Crippen molar-refractivity contribution in [1.82, 2.24) is 4.90 Å². The van der Waals surface area contributed by atoms with Gasteiger partial charge in [-0.05, 0) is 36.2 Å². The first-order chi connectivity index (χ1) is 11.7. The molecule has 1 amide bonds. The molecule has 4 rings (SSSR count). The number of anilines is 1. The van der Waals surface area contributed by atoms with E-state index in [9.17, 15) is 4.79 Å². The number of carbonyl (C=O) groups is 1. The van der Waals surface area contributed by atoms with Gasteiger partial charge in [-0.1, -0.05) is 12.1 Å². The van der Waals surface area contributed by atoms with Gasteiger partial charge in [-0.15, -0.1) is 0 Å². The number of nitrogens with zero attached hydrogens (tertiary/aromatic N) is 2. The van der Waals surface area contributed by atoms with Gasteiger partial charge in [0.2, 0.25) is 0 Å². The molecule has 0 aromatic heterocycles. The Morgan fingerprint density at radius 1 is 1.08 bits per heavy atom. The number of fused-ring (bicyclic) bond motifs is 4. The van der Waals surface area contributed by atoms with Gasteiger partial charge < -0.3 is 19.3 Å². The Morgan fingerprint density at radius 2 is 1.79 bits per heavy atom. The summed E-state index contributed by atoms with van der Waals surface area (Å²) < 4.78 is 10.9. The van der Waals surface area contributed by atoms with Crippen molar-refractivity contribution in [2.75, 3.05) is 32.7 Å². The zero-order valence-electron chi connectivity index (χ0n) is 14.1. The highest BCUT2D eigenvalue weighted by Gasteiger charge is 2.40. The largest absolute Gasteiger partial charge is 0.493 e. The van der Waals surface area contributed by atoms with E-state index >= 15 is 0 Å². The first kappa shape index (κ1) is 14.9. The molecule has 5 nitrogen and oxygen atoms in total. The highest BCUT2D eigenvalue weighted by Crippen LogP contribution is 2.44. The van der Waals surface area contributed by atoms with E-state index in [0.717, 1.165) is 29.0 Å². The van der Waals surface area contributed by atoms with Crippen LogP contribution in [-0.2, 0) is 6.42 Å². The normalized spacial score (nSPS) is 18.6. The lowest BCUT2D eigenvalue weighted by Crippen LogP contribution is -2.51. The van der Waals surface area contributed by atoms with Crippen LogP contribution in [0.2, 0.25) is 0 Å². The zero-order valence-corrected chi connectivity index (χ0v) is 14.1. The van der Waals surface area contributed by atoms with Crippen LogP contribution in [-0.4, -0.2) is 38.6 Å². The van der Waals surface area contributed by atoms with Crippen LogP contribution in [0.5, 0.6) is 11.5 Å². The summed E-state index contributed by atoms with van der Waals surface area (Å²) >= 11 is 0. The van der Waals surface area contributed by atoms with Crippen LogP contribution in [0.3, 0.4) is 0 Å². The standard InChI is InChI=1S/C19H20N2O3/c1-20-15-7-5-4-6-13(15)19(22)21-9-8-12-10-16(23-2)17(24-3)11-14(12)18(20)21/h4-7,10-11,18H,8-9H2,1-3H3. The van der Waals surface area contributed by atoms with Crippen molar-refractivity contribution in [3.05, 3.63) is 53.1 Å². The molecule has 0 saturated heterocycles. The first-order valence-corrected chi connectivity index (χ1v) is 8.03. The third-order valence-corrected chi connectivity index (χ3v) is 4.98. The third-order valence-electron chi connectivity index (χ3n) is 4.98. The Bertz CT molecular complexity index is 818. The summed E-state index contributed by atoms with van der Waals surface area (Å²) in [4.78, 5) is 17.0. The Kier molecular flexibility index (Phi) is 3.37. The summed E-state index contributed by atoms with van der Waals surface area (Å²) in [5.74, 6) is 1.52. The van der Waals surface area contributed by atoms with E-state index in [4.69, 9.17) is 9.47 Å². The number of benzene rings is 2. The quantitative estimate of drug-likeness (QED) is 0.852. The fourth-order valence-electron chi connectivity index (χ4n) is 3.80. The van der Waals surface area contributed by atoms with Crippen LogP contribution < -0.4 is 14.4 Å². The Balaban J connectivity index is 1.88. The van der Waals surface area contributed by atoms with Crippen LogP contribution >= 0.6 is 0 Å². The molecular formula is C19H20N2O3. The molecule has 0 aliphatic carbocycles. The van der Waals surface area contributed by atoms with Crippen LogP contribution in [0, 0.1) is 0 Å². The zero-order chi connectivity index (χ0) is 16.8. The molecule has 124 valence electrons. The minimum absolute atomic E-state index is 0.0918. The van der Waals surface area contributed by atoms with E-state index in [1.807, 2.05) is 48.3 Å². The highest BCUT2D eigenvalue weighted by atomic mass is 16.5. The van der Waals surface area contributed by atoms with Crippen molar-refractivity contribution < 1.29 is 14.3 Å². The van der Waals surface area contributed by atoms with Gasteiger partial charge in [0.05, 0.1) is 25.5 Å². The lowest BCUT2D eigenvalue weighted by molar-refractivity contribution is 0.0638. The number of hydrogen-bond acceptors (Lipinski definition) is 4. The summed E-state index contributed by atoms with van der Waals surface area (Å²) in [7, 11) is 5.32. The number of para-hydroxylation sites is 1. The van der Waals surface area contributed by atoms with Crippen molar-refractivity contribution in [2.24, 2.45) is 0 Å². The second kappa shape index (κ2) is 5.44. The van der Waals surface area contributed by atoms with Gasteiger partial charge in [-0.25, -0.2) is 0 Å². The molecule has 0 radical (unpaired) electrons. The fourth-order valence-corrected chi connectivity index (χ4v) is 3.80. The molecule has 0 spiro atoms. The molecule has 0 N–H and O–H groups in total. The maximum Gasteiger partial charge on any atom is 0.257 e. The third kappa shape index (κ3) is 1.97. The lowest BCUT2D eigenvalue weighted by atomic mass is 9.92. The number of rotatable bonds is 2. The number of hydrogen-bond donors (Lipinski definition) is 0. The Labute approximate surface area is 141 Å².